The van der Waals surface area contributed by atoms with Crippen molar-refractivity contribution in [2.45, 2.75) is 0 Å². The summed E-state index contributed by atoms with van der Waals surface area (Å²) in [5, 5.41) is 0. The van der Waals surface area contributed by atoms with Crippen molar-refractivity contribution in [1.29, 1.82) is 0 Å². The summed E-state index contributed by atoms with van der Waals surface area (Å²) < 4.78 is 41.1. The molecule has 0 nitrogen and oxygen atoms in total. The Morgan fingerprint density at radius 3 is 0.727 bits per heavy atom. The van der Waals surface area contributed by atoms with Gasteiger partial charge in [-0.25, -0.2) is 0 Å². The van der Waals surface area contributed by atoms with Crippen LogP contribution in [0.3, 0.4) is 0 Å². The zero-order valence-corrected chi connectivity index (χ0v) is 5.15. The standard InChI is InChI=1S/C2F4.C2H4.3FH/c3-1(4)2(5)6;1-2;;;/h;1-2H2;3*1H. The fraction of sp³-hybridized carbons (Fsp3) is 0. The monoisotopic (exact) mass is 188 g/mol. The lowest BCUT2D eigenvalue weighted by atomic mass is 11.1. The van der Waals surface area contributed by atoms with Gasteiger partial charge in [-0.3, -0.25) is 14.1 Å². The lowest BCUT2D eigenvalue weighted by Gasteiger charge is -1.69. The van der Waals surface area contributed by atoms with Crippen molar-refractivity contribution in [3.05, 3.63) is 25.3 Å². The third-order valence-corrected chi connectivity index (χ3v) is 0.143. The van der Waals surface area contributed by atoms with Crippen LogP contribution in [0.4, 0.5) is 31.7 Å². The zero-order valence-electron chi connectivity index (χ0n) is 5.15. The van der Waals surface area contributed by atoms with E-state index in [1.54, 1.807) is 0 Å². The first-order valence-corrected chi connectivity index (χ1v) is 1.51. The second kappa shape index (κ2) is 23.0. The molecule has 0 bridgehead atoms. The van der Waals surface area contributed by atoms with Crippen molar-refractivity contribution in [3.8, 4) is 0 Å². The number of rotatable bonds is 0. The number of halogens is 7. The Labute approximate surface area is 58.3 Å². The van der Waals surface area contributed by atoms with Crippen LogP contribution >= 0.6 is 0 Å². The molecule has 0 aliphatic rings. The van der Waals surface area contributed by atoms with Crippen LogP contribution in [0, 0.1) is 0 Å². The van der Waals surface area contributed by atoms with Crippen molar-refractivity contribution in [2.24, 2.45) is 0 Å². The SMILES string of the molecule is C=C.F.F.F.FC(F)=C(F)F. The van der Waals surface area contributed by atoms with E-state index in [1.165, 1.54) is 0 Å². The molecule has 0 spiro atoms. The molecule has 7 heteroatoms. The van der Waals surface area contributed by atoms with Gasteiger partial charge < -0.3 is 0 Å². The topological polar surface area (TPSA) is 0 Å². The van der Waals surface area contributed by atoms with Crippen LogP contribution < -0.4 is 0 Å². The van der Waals surface area contributed by atoms with Gasteiger partial charge in [-0.2, -0.15) is 17.6 Å². The molecule has 0 aromatic carbocycles. The lowest BCUT2D eigenvalue weighted by molar-refractivity contribution is 0.308. The predicted molar refractivity (Wildman–Crippen MR) is 30.2 cm³/mol. The van der Waals surface area contributed by atoms with Crippen molar-refractivity contribution in [1.82, 2.24) is 0 Å². The Morgan fingerprint density at radius 1 is 0.636 bits per heavy atom. The molecule has 0 unspecified atom stereocenters. The summed E-state index contributed by atoms with van der Waals surface area (Å²) in [4.78, 5) is 0. The van der Waals surface area contributed by atoms with Gasteiger partial charge in [-0.15, -0.1) is 13.2 Å². The van der Waals surface area contributed by atoms with E-state index in [0.29, 0.717) is 0 Å². The summed E-state index contributed by atoms with van der Waals surface area (Å²) >= 11 is 0. The van der Waals surface area contributed by atoms with E-state index in [2.05, 4.69) is 13.2 Å². The van der Waals surface area contributed by atoms with Crippen LogP contribution in [-0.4, -0.2) is 0 Å². The van der Waals surface area contributed by atoms with E-state index in [0.717, 1.165) is 0 Å². The molecule has 72 valence electrons. The molecular formula is C4H7F7. The summed E-state index contributed by atoms with van der Waals surface area (Å²) in [7, 11) is 0. The lowest BCUT2D eigenvalue weighted by Crippen LogP contribution is -1.56. The highest BCUT2D eigenvalue weighted by atomic mass is 19.3. The molecule has 0 fully saturated rings. The fourth-order valence-corrected chi connectivity index (χ4v) is 0. The van der Waals surface area contributed by atoms with Gasteiger partial charge in [0.25, 0.3) is 0 Å². The number of hydrogen-bond donors (Lipinski definition) is 0. The van der Waals surface area contributed by atoms with Gasteiger partial charge in [0.2, 0.25) is 0 Å². The summed E-state index contributed by atoms with van der Waals surface area (Å²) in [6.07, 6.45) is -5.81. The maximum atomic E-state index is 10.3. The van der Waals surface area contributed by atoms with Crippen molar-refractivity contribution < 1.29 is 31.7 Å². The molecule has 0 aliphatic carbocycles. The summed E-state index contributed by atoms with van der Waals surface area (Å²) in [5.41, 5.74) is 0. The number of hydrogen-bond acceptors (Lipinski definition) is 0. The van der Waals surface area contributed by atoms with E-state index in [1.807, 2.05) is 0 Å². The maximum Gasteiger partial charge on any atom is 0.334 e. The molecule has 0 rings (SSSR count). The molecule has 0 saturated heterocycles. The first-order valence-electron chi connectivity index (χ1n) is 1.51. The van der Waals surface area contributed by atoms with E-state index in [9.17, 15) is 17.6 Å². The molecule has 0 saturated carbocycles. The average molecular weight is 188 g/mol. The van der Waals surface area contributed by atoms with Crippen LogP contribution in [0.25, 0.3) is 0 Å². The zero-order chi connectivity index (χ0) is 7.15. The molecule has 0 heterocycles. The van der Waals surface area contributed by atoms with E-state index in [4.69, 9.17) is 0 Å². The van der Waals surface area contributed by atoms with Crippen LogP contribution in [0.5, 0.6) is 0 Å². The van der Waals surface area contributed by atoms with Crippen LogP contribution in [0.15, 0.2) is 25.3 Å². The third kappa shape index (κ3) is 49.1. The van der Waals surface area contributed by atoms with Crippen molar-refractivity contribution in [2.75, 3.05) is 0 Å². The minimum atomic E-state index is -2.91. The quantitative estimate of drug-likeness (QED) is 0.404. The molecule has 0 aromatic rings. The van der Waals surface area contributed by atoms with Crippen LogP contribution in [-0.2, 0) is 0 Å². The first kappa shape index (κ1) is 32.4. The molecule has 0 aromatic heterocycles. The third-order valence-electron chi connectivity index (χ3n) is 0.143. The minimum Gasteiger partial charge on any atom is -0.269 e. The minimum absolute atomic E-state index is 0. The molecule has 0 radical (unpaired) electrons. The van der Waals surface area contributed by atoms with Crippen LogP contribution in [0.1, 0.15) is 0 Å². The van der Waals surface area contributed by atoms with E-state index in [-0.39, 0.29) is 14.1 Å². The Bertz CT molecular complexity index is 70.4. The second-order valence-corrected chi connectivity index (χ2v) is 0.521. The molecular weight excluding hydrogens is 181 g/mol. The summed E-state index contributed by atoms with van der Waals surface area (Å²) in [6.45, 7) is 6.00. The van der Waals surface area contributed by atoms with Gasteiger partial charge in [0.15, 0.2) is 0 Å². The van der Waals surface area contributed by atoms with Crippen molar-refractivity contribution >= 4 is 0 Å². The fourth-order valence-electron chi connectivity index (χ4n) is 0. The summed E-state index contributed by atoms with van der Waals surface area (Å²) in [5.74, 6) is 0. The Kier molecular flexibility index (Phi) is 67.9. The Balaban J connectivity index is -0.0000000222. The van der Waals surface area contributed by atoms with Gasteiger partial charge in [0, 0.05) is 0 Å². The molecule has 0 amide bonds. The highest BCUT2D eigenvalue weighted by molar-refractivity contribution is 4.77. The highest BCUT2D eigenvalue weighted by Gasteiger charge is 1.98. The van der Waals surface area contributed by atoms with Gasteiger partial charge in [-0.1, -0.05) is 0 Å². The van der Waals surface area contributed by atoms with Gasteiger partial charge in [0.1, 0.15) is 0 Å². The average Bonchev–Trinajstić information content (AvgIpc) is 1.72. The Morgan fingerprint density at radius 2 is 0.727 bits per heavy atom. The van der Waals surface area contributed by atoms with Gasteiger partial charge >= 0.3 is 12.2 Å². The molecule has 11 heavy (non-hydrogen) atoms. The molecule has 0 atom stereocenters. The molecule has 0 N–H and O–H groups in total. The highest BCUT2D eigenvalue weighted by Crippen LogP contribution is 2.08. The predicted octanol–water partition coefficient (Wildman–Crippen LogP) is 3.25. The van der Waals surface area contributed by atoms with Gasteiger partial charge in [0.05, 0.1) is 0 Å². The maximum absolute atomic E-state index is 10.3. The normalized spacial score (nSPS) is 4.73. The van der Waals surface area contributed by atoms with E-state index < -0.39 is 12.2 Å². The van der Waals surface area contributed by atoms with Crippen molar-refractivity contribution in [3.63, 3.8) is 0 Å². The molecule has 0 aliphatic heterocycles. The second-order valence-electron chi connectivity index (χ2n) is 0.521. The smallest absolute Gasteiger partial charge is 0.269 e. The van der Waals surface area contributed by atoms with Gasteiger partial charge in [-0.05, 0) is 0 Å². The summed E-state index contributed by atoms with van der Waals surface area (Å²) in [6, 6.07) is 0. The van der Waals surface area contributed by atoms with Crippen LogP contribution in [0.2, 0.25) is 0 Å². The Hall–Kier alpha value is -1.01. The van der Waals surface area contributed by atoms with E-state index >= 15 is 0 Å². The largest absolute Gasteiger partial charge is 0.334 e. The first-order chi connectivity index (χ1) is 3.64.